The molecule has 1 aromatic carbocycles. The zero-order valence-corrected chi connectivity index (χ0v) is 14.6. The van der Waals surface area contributed by atoms with Gasteiger partial charge in [-0.05, 0) is 48.6 Å². The SMILES string of the molecule is CSCc1ccc(NC(=O)NCC(CCO)CC(C)C)cc1. The molecule has 0 aromatic heterocycles. The molecule has 0 heterocycles. The van der Waals surface area contributed by atoms with Crippen LogP contribution in [-0.4, -0.2) is 30.5 Å². The molecule has 3 N–H and O–H groups in total. The zero-order valence-electron chi connectivity index (χ0n) is 13.8. The molecular weight excluding hydrogens is 296 g/mol. The van der Waals surface area contributed by atoms with Crippen LogP contribution in [0.3, 0.4) is 0 Å². The fourth-order valence-corrected chi connectivity index (χ4v) is 2.94. The second kappa shape index (κ2) is 10.5. The predicted octanol–water partition coefficient (Wildman–Crippen LogP) is 3.72. The van der Waals surface area contributed by atoms with E-state index in [4.69, 9.17) is 5.11 Å². The van der Waals surface area contributed by atoms with E-state index in [-0.39, 0.29) is 12.6 Å². The van der Waals surface area contributed by atoms with Crippen LogP contribution in [0.5, 0.6) is 0 Å². The predicted molar refractivity (Wildman–Crippen MR) is 95.3 cm³/mol. The van der Waals surface area contributed by atoms with Gasteiger partial charge in [-0.1, -0.05) is 26.0 Å². The van der Waals surface area contributed by atoms with Crippen LogP contribution in [-0.2, 0) is 5.75 Å². The number of urea groups is 1. The minimum atomic E-state index is -0.190. The molecule has 5 heteroatoms. The molecule has 1 rings (SSSR count). The van der Waals surface area contributed by atoms with E-state index >= 15 is 0 Å². The van der Waals surface area contributed by atoms with E-state index in [1.165, 1.54) is 5.56 Å². The molecule has 1 unspecified atom stereocenters. The van der Waals surface area contributed by atoms with Gasteiger partial charge >= 0.3 is 6.03 Å². The normalized spacial score (nSPS) is 12.2. The summed E-state index contributed by atoms with van der Waals surface area (Å²) in [6, 6.07) is 7.71. The largest absolute Gasteiger partial charge is 0.396 e. The van der Waals surface area contributed by atoms with E-state index < -0.39 is 0 Å². The highest BCUT2D eigenvalue weighted by Crippen LogP contribution is 2.15. The number of rotatable bonds is 9. The van der Waals surface area contributed by atoms with Crippen LogP contribution in [0.4, 0.5) is 10.5 Å². The third-order valence-electron chi connectivity index (χ3n) is 3.42. The summed E-state index contributed by atoms with van der Waals surface area (Å²) in [5.41, 5.74) is 2.04. The Labute approximate surface area is 138 Å². The van der Waals surface area contributed by atoms with Crippen molar-refractivity contribution in [3.63, 3.8) is 0 Å². The van der Waals surface area contributed by atoms with E-state index in [2.05, 4.69) is 30.7 Å². The highest BCUT2D eigenvalue weighted by atomic mass is 32.2. The van der Waals surface area contributed by atoms with E-state index in [0.29, 0.717) is 18.4 Å². The first kappa shape index (κ1) is 18.8. The molecule has 0 aliphatic carbocycles. The van der Waals surface area contributed by atoms with Crippen molar-refractivity contribution in [1.82, 2.24) is 5.32 Å². The van der Waals surface area contributed by atoms with Crippen LogP contribution in [0.25, 0.3) is 0 Å². The first-order valence-electron chi connectivity index (χ1n) is 7.78. The first-order valence-corrected chi connectivity index (χ1v) is 9.18. The minimum Gasteiger partial charge on any atom is -0.396 e. The first-order chi connectivity index (χ1) is 10.5. The Morgan fingerprint density at radius 1 is 1.27 bits per heavy atom. The minimum absolute atomic E-state index is 0.164. The summed E-state index contributed by atoms with van der Waals surface area (Å²) in [5.74, 6) is 1.86. The monoisotopic (exact) mass is 324 g/mol. The van der Waals surface area contributed by atoms with Gasteiger partial charge in [-0.2, -0.15) is 11.8 Å². The number of hydrogen-bond acceptors (Lipinski definition) is 3. The summed E-state index contributed by atoms with van der Waals surface area (Å²) in [6.45, 7) is 5.06. The van der Waals surface area contributed by atoms with Crippen LogP contribution in [0.1, 0.15) is 32.3 Å². The van der Waals surface area contributed by atoms with Crippen LogP contribution in [0.15, 0.2) is 24.3 Å². The number of hydrogen-bond donors (Lipinski definition) is 3. The average molecular weight is 324 g/mol. The number of carbonyl (C=O) groups is 1. The number of nitrogens with one attached hydrogen (secondary N) is 2. The van der Waals surface area contributed by atoms with Gasteiger partial charge in [0.2, 0.25) is 0 Å². The van der Waals surface area contributed by atoms with E-state index in [0.717, 1.165) is 24.3 Å². The van der Waals surface area contributed by atoms with E-state index in [1.54, 1.807) is 11.8 Å². The smallest absolute Gasteiger partial charge is 0.319 e. The van der Waals surface area contributed by atoms with E-state index in [9.17, 15) is 4.79 Å². The molecule has 0 spiro atoms. The second-order valence-electron chi connectivity index (χ2n) is 5.97. The van der Waals surface area contributed by atoms with Crippen molar-refractivity contribution in [2.45, 2.75) is 32.4 Å². The summed E-state index contributed by atoms with van der Waals surface area (Å²) in [7, 11) is 0. The number of aliphatic hydroxyl groups excluding tert-OH is 1. The van der Waals surface area contributed by atoms with Gasteiger partial charge in [0.05, 0.1) is 0 Å². The highest BCUT2D eigenvalue weighted by molar-refractivity contribution is 7.97. The van der Waals surface area contributed by atoms with Crippen molar-refractivity contribution in [1.29, 1.82) is 0 Å². The maximum atomic E-state index is 11.9. The van der Waals surface area contributed by atoms with Crippen LogP contribution in [0.2, 0.25) is 0 Å². The lowest BCUT2D eigenvalue weighted by molar-refractivity contribution is 0.231. The number of anilines is 1. The fraction of sp³-hybridized carbons (Fsp3) is 0.588. The van der Waals surface area contributed by atoms with Crippen LogP contribution < -0.4 is 10.6 Å². The lowest BCUT2D eigenvalue weighted by atomic mass is 9.94. The van der Waals surface area contributed by atoms with Gasteiger partial charge in [-0.25, -0.2) is 4.79 Å². The Morgan fingerprint density at radius 2 is 1.95 bits per heavy atom. The van der Waals surface area contributed by atoms with Gasteiger partial charge in [-0.15, -0.1) is 0 Å². The fourth-order valence-electron chi connectivity index (χ4n) is 2.42. The van der Waals surface area contributed by atoms with Crippen LogP contribution >= 0.6 is 11.8 Å². The molecule has 0 aliphatic rings. The molecule has 1 atom stereocenters. The molecule has 2 amide bonds. The zero-order chi connectivity index (χ0) is 16.4. The van der Waals surface area contributed by atoms with Crippen molar-refractivity contribution in [2.75, 3.05) is 24.7 Å². The standard InChI is InChI=1S/C17H28N2O2S/c1-13(2)10-15(8-9-20)11-18-17(21)19-16-6-4-14(5-7-16)12-22-3/h4-7,13,15,20H,8-12H2,1-3H3,(H2,18,19,21). The maximum absolute atomic E-state index is 11.9. The summed E-state index contributed by atoms with van der Waals surface area (Å²) in [4.78, 5) is 11.9. The molecule has 22 heavy (non-hydrogen) atoms. The molecule has 0 radical (unpaired) electrons. The van der Waals surface area contributed by atoms with Gasteiger partial charge in [0.15, 0.2) is 0 Å². The lowest BCUT2D eigenvalue weighted by Crippen LogP contribution is -2.33. The summed E-state index contributed by atoms with van der Waals surface area (Å²) in [6.07, 6.45) is 3.80. The molecule has 0 aliphatic heterocycles. The maximum Gasteiger partial charge on any atom is 0.319 e. The Bertz CT molecular complexity index is 435. The number of aliphatic hydroxyl groups is 1. The Hall–Kier alpha value is -1.20. The third-order valence-corrected chi connectivity index (χ3v) is 4.04. The number of carbonyl (C=O) groups excluding carboxylic acids is 1. The molecule has 0 saturated carbocycles. The van der Waals surface area contributed by atoms with Gasteiger partial charge in [-0.3, -0.25) is 0 Å². The molecule has 1 aromatic rings. The Morgan fingerprint density at radius 3 is 2.50 bits per heavy atom. The Balaban J connectivity index is 2.40. The molecule has 124 valence electrons. The van der Waals surface area contributed by atoms with Gasteiger partial charge in [0.25, 0.3) is 0 Å². The number of thioether (sulfide) groups is 1. The molecule has 0 fully saturated rings. The average Bonchev–Trinajstić information content (AvgIpc) is 2.47. The third kappa shape index (κ3) is 7.71. The van der Waals surface area contributed by atoms with E-state index in [1.807, 2.05) is 24.3 Å². The van der Waals surface area contributed by atoms with Crippen molar-refractivity contribution < 1.29 is 9.90 Å². The van der Waals surface area contributed by atoms with Crippen molar-refractivity contribution >= 4 is 23.5 Å². The van der Waals surface area contributed by atoms with Gasteiger partial charge in [0.1, 0.15) is 0 Å². The van der Waals surface area contributed by atoms with Gasteiger partial charge < -0.3 is 15.7 Å². The van der Waals surface area contributed by atoms with Crippen LogP contribution in [0, 0.1) is 11.8 Å². The Kier molecular flexibility index (Phi) is 9.01. The topological polar surface area (TPSA) is 61.4 Å². The number of amides is 2. The van der Waals surface area contributed by atoms with Gasteiger partial charge in [0, 0.05) is 24.6 Å². The quantitative estimate of drug-likeness (QED) is 0.649. The summed E-state index contributed by atoms with van der Waals surface area (Å²) in [5, 5.41) is 14.8. The van der Waals surface area contributed by atoms with Crippen molar-refractivity contribution in [3.05, 3.63) is 29.8 Å². The molecular formula is C17H28N2O2S. The summed E-state index contributed by atoms with van der Waals surface area (Å²) >= 11 is 1.78. The summed E-state index contributed by atoms with van der Waals surface area (Å²) < 4.78 is 0. The highest BCUT2D eigenvalue weighted by Gasteiger charge is 2.12. The number of benzene rings is 1. The molecule has 4 nitrogen and oxygen atoms in total. The molecule has 0 saturated heterocycles. The van der Waals surface area contributed by atoms with Crippen molar-refractivity contribution in [3.8, 4) is 0 Å². The van der Waals surface area contributed by atoms with Crippen molar-refractivity contribution in [2.24, 2.45) is 11.8 Å². The molecule has 0 bridgehead atoms. The second-order valence-corrected chi connectivity index (χ2v) is 6.84. The lowest BCUT2D eigenvalue weighted by Gasteiger charge is -2.18.